The van der Waals surface area contributed by atoms with E-state index in [1.165, 1.54) is 0 Å². The van der Waals surface area contributed by atoms with Crippen LogP contribution in [0.5, 0.6) is 0 Å². The number of aliphatic carboxylic acids is 3. The van der Waals surface area contributed by atoms with Gasteiger partial charge < -0.3 is 71.7 Å². The van der Waals surface area contributed by atoms with Crippen molar-refractivity contribution in [2.24, 2.45) is 0 Å². The summed E-state index contributed by atoms with van der Waals surface area (Å²) in [6, 6.07) is 0. The molecule has 0 unspecified atom stereocenters. The van der Waals surface area contributed by atoms with Gasteiger partial charge in [0.05, 0.1) is 0 Å². The first-order chi connectivity index (χ1) is 8.78. The predicted octanol–water partition coefficient (Wildman–Crippen LogP) is -6.25. The molecular weight excluding hydrogens is 512 g/mol. The van der Waals surface area contributed by atoms with Crippen LogP contribution in [-0.2, 0) is 36.8 Å². The van der Waals surface area contributed by atoms with Crippen molar-refractivity contribution in [1.82, 2.24) is 6.15 Å². The minimum absolute atomic E-state index is 0. The largest absolute Gasteiger partial charge is 3.00 e. The Labute approximate surface area is 184 Å². The van der Waals surface area contributed by atoms with Gasteiger partial charge in [-0.3, -0.25) is 0 Å². The predicted molar refractivity (Wildman–Crippen MR) is 52.7 cm³/mol. The first kappa shape index (κ1) is 42.9. The Kier molecular flexibility index (Phi) is 55.3. The van der Waals surface area contributed by atoms with E-state index in [1.54, 1.807) is 0 Å². The first-order valence-electron chi connectivity index (χ1n) is 3.80. The van der Waals surface area contributed by atoms with Crippen molar-refractivity contribution in [3.63, 3.8) is 0 Å². The zero-order chi connectivity index (χ0) is 16.6. The SMILES string of the molecule is O=C([O-])CC(O)(CC(=O)[O-])C(=O)O.[Au+3].[C-]#N.[C-]#N.[C-]#N.[K+].[NH4+]. The molecule has 6 N–H and O–H groups in total. The van der Waals surface area contributed by atoms with E-state index in [0.29, 0.717) is 0 Å². The number of carbonyl (C=O) groups is 3. The second-order valence-corrected chi connectivity index (χ2v) is 2.43. The number of rotatable bonds is 5. The molecule has 0 aromatic rings. The van der Waals surface area contributed by atoms with Crippen molar-refractivity contribution in [1.29, 1.82) is 15.8 Å². The van der Waals surface area contributed by atoms with Crippen LogP contribution < -0.4 is 67.7 Å². The van der Waals surface area contributed by atoms with E-state index in [4.69, 9.17) is 45.7 Å². The Morgan fingerprint density at radius 3 is 1.18 bits per heavy atom. The van der Waals surface area contributed by atoms with E-state index in [1.807, 2.05) is 0 Å². The molecule has 0 heterocycles. The van der Waals surface area contributed by atoms with E-state index in [-0.39, 0.29) is 79.9 Å². The molecule has 0 fully saturated rings. The molecule has 0 aliphatic rings. The minimum atomic E-state index is -2.86. The van der Waals surface area contributed by atoms with E-state index in [9.17, 15) is 24.6 Å². The van der Waals surface area contributed by atoms with Crippen LogP contribution in [0.1, 0.15) is 12.8 Å². The summed E-state index contributed by atoms with van der Waals surface area (Å²) in [7, 11) is 0. The quantitative estimate of drug-likeness (QED) is 0.228. The average Bonchev–Trinajstić information content (AvgIpc) is 2.34. The summed E-state index contributed by atoms with van der Waals surface area (Å²) in [5.74, 6) is -5.65. The van der Waals surface area contributed by atoms with Gasteiger partial charge in [0.1, 0.15) is 0 Å². The van der Waals surface area contributed by atoms with Crippen molar-refractivity contribution in [3.8, 4) is 0 Å². The summed E-state index contributed by atoms with van der Waals surface area (Å²) in [5.41, 5.74) is -2.86. The molecule has 0 aromatic heterocycles. The molecule has 0 aliphatic heterocycles. The fraction of sp³-hybridized carbons (Fsp3) is 0.333. The van der Waals surface area contributed by atoms with Crippen molar-refractivity contribution < 1.29 is 109 Å². The number of carbonyl (C=O) groups excluding carboxylic acids is 2. The molecule has 13 heteroatoms. The van der Waals surface area contributed by atoms with E-state index in [2.05, 4.69) is 0 Å². The Morgan fingerprint density at radius 2 is 1.09 bits per heavy atom. The second kappa shape index (κ2) is 28.4. The van der Waals surface area contributed by atoms with Crippen LogP contribution in [-0.4, -0.2) is 33.7 Å². The van der Waals surface area contributed by atoms with Crippen molar-refractivity contribution in [2.75, 3.05) is 0 Å². The van der Waals surface area contributed by atoms with Crippen LogP contribution in [0.25, 0.3) is 0 Å². The topological polar surface area (TPSA) is 246 Å². The summed E-state index contributed by atoms with van der Waals surface area (Å²) in [6.45, 7) is 14.2. The van der Waals surface area contributed by atoms with Gasteiger partial charge in [0.2, 0.25) is 0 Å². The molecule has 0 amide bonds. The van der Waals surface area contributed by atoms with E-state index >= 15 is 0 Å². The smallest absolute Gasteiger partial charge is 0.550 e. The zero-order valence-electron chi connectivity index (χ0n) is 11.5. The number of aliphatic hydroxyl groups is 1. The molecule has 11 nitrogen and oxygen atoms in total. The third kappa shape index (κ3) is 27.5. The van der Waals surface area contributed by atoms with Crippen LogP contribution in [0, 0.1) is 35.5 Å². The summed E-state index contributed by atoms with van der Waals surface area (Å²) in [5, 5.41) is 55.9. The molecule has 0 saturated carbocycles. The Hall–Kier alpha value is -0.823. The fourth-order valence-corrected chi connectivity index (χ4v) is 0.691. The fourth-order valence-electron chi connectivity index (χ4n) is 0.691. The van der Waals surface area contributed by atoms with E-state index < -0.39 is 36.4 Å². The van der Waals surface area contributed by atoms with Gasteiger partial charge in [-0.05, 0) is 0 Å². The van der Waals surface area contributed by atoms with Gasteiger partial charge in [-0.15, -0.1) is 0 Å². The van der Waals surface area contributed by atoms with Gasteiger partial charge in [-0.2, -0.15) is 0 Å². The summed E-state index contributed by atoms with van der Waals surface area (Å²) >= 11 is 0. The van der Waals surface area contributed by atoms with Gasteiger partial charge in [0, 0.05) is 24.8 Å². The molecule has 0 aromatic carbocycles. The first-order valence-corrected chi connectivity index (χ1v) is 3.80. The zero-order valence-corrected chi connectivity index (χ0v) is 16.8. The summed E-state index contributed by atoms with van der Waals surface area (Å²) < 4.78 is 0. The minimum Gasteiger partial charge on any atom is -0.550 e. The Morgan fingerprint density at radius 1 is 0.909 bits per heavy atom. The van der Waals surface area contributed by atoms with Crippen molar-refractivity contribution in [3.05, 3.63) is 19.7 Å². The number of quaternary nitrogens is 1. The average molecular weight is 522 g/mol. The maximum absolute atomic E-state index is 10.3. The van der Waals surface area contributed by atoms with Crippen molar-refractivity contribution >= 4 is 17.9 Å². The maximum atomic E-state index is 10.3. The maximum Gasteiger partial charge on any atom is 3.00 e. The van der Waals surface area contributed by atoms with Gasteiger partial charge in [-0.1, -0.05) is 0 Å². The van der Waals surface area contributed by atoms with Crippen LogP contribution in [0.15, 0.2) is 0 Å². The normalized spacial score (nSPS) is 6.68. The van der Waals surface area contributed by atoms with Gasteiger partial charge >= 0.3 is 79.7 Å². The molecule has 0 radical (unpaired) electrons. The summed E-state index contributed by atoms with van der Waals surface area (Å²) in [6.07, 6.45) is -2.59. The van der Waals surface area contributed by atoms with Crippen LogP contribution in [0.2, 0.25) is 0 Å². The summed E-state index contributed by atoms with van der Waals surface area (Å²) in [4.78, 5) is 30.2. The number of nitrogens with zero attached hydrogens (tertiary/aromatic N) is 3. The number of hydrogen-bond acceptors (Lipinski definition) is 9. The van der Waals surface area contributed by atoms with E-state index in [0.717, 1.165) is 0 Å². The van der Waals surface area contributed by atoms with Crippen LogP contribution in [0.4, 0.5) is 0 Å². The molecule has 0 atom stereocenters. The monoisotopic (exact) mass is 522 g/mol. The van der Waals surface area contributed by atoms with Gasteiger partial charge in [-0.25, -0.2) is 4.79 Å². The molecule has 22 heavy (non-hydrogen) atoms. The standard InChI is InChI=1S/C6H8O7.3CN.Au.K.H3N/c7-3(8)1-6(13,5(11)12)2-4(9)10;3*1-2;;;/h13H,1-2H2,(H,7,8)(H,9,10)(H,11,12);;;;;;1H3/q;3*-1;+3;+1;/p-1. The number of carboxylic acids is 3. The van der Waals surface area contributed by atoms with Gasteiger partial charge in [0.25, 0.3) is 0 Å². The Balaban J connectivity index is -0.0000000445. The van der Waals surface area contributed by atoms with Gasteiger partial charge in [0.15, 0.2) is 5.60 Å². The molecule has 0 saturated heterocycles. The third-order valence-corrected chi connectivity index (χ3v) is 1.27. The molecule has 120 valence electrons. The number of carboxylic acid groups (broad SMARTS) is 3. The molecule has 0 bridgehead atoms. The molecule has 0 spiro atoms. The molecule has 0 rings (SSSR count). The Bertz CT molecular complexity index is 342. The van der Waals surface area contributed by atoms with Crippen LogP contribution >= 0.6 is 0 Å². The third-order valence-electron chi connectivity index (χ3n) is 1.27. The molecule has 0 aliphatic carbocycles. The molecular formula is C9H10AuKN4O7. The van der Waals surface area contributed by atoms with Crippen LogP contribution in [0.3, 0.4) is 0 Å². The number of hydrogen-bond donors (Lipinski definition) is 3. The second-order valence-electron chi connectivity index (χ2n) is 2.43. The van der Waals surface area contributed by atoms with Crippen molar-refractivity contribution in [2.45, 2.75) is 18.4 Å².